The van der Waals surface area contributed by atoms with Gasteiger partial charge in [0.05, 0.1) is 6.61 Å². The fourth-order valence-electron chi connectivity index (χ4n) is 1.82. The van der Waals surface area contributed by atoms with E-state index in [0.29, 0.717) is 0 Å². The molecule has 1 unspecified atom stereocenters. The predicted molar refractivity (Wildman–Crippen MR) is 41.3 cm³/mol. The summed E-state index contributed by atoms with van der Waals surface area (Å²) in [6, 6.07) is 0. The summed E-state index contributed by atoms with van der Waals surface area (Å²) >= 11 is 0. The monoisotopic (exact) mass is 157 g/mol. The van der Waals surface area contributed by atoms with Crippen LogP contribution in [-0.2, 0) is 9.47 Å². The van der Waals surface area contributed by atoms with Crippen molar-refractivity contribution in [3.63, 3.8) is 0 Å². The fraction of sp³-hybridized carbons (Fsp3) is 1.00. The number of hydrogen-bond acceptors (Lipinski definition) is 3. The van der Waals surface area contributed by atoms with Gasteiger partial charge in [0.15, 0.2) is 5.79 Å². The molecule has 2 rings (SSSR count). The van der Waals surface area contributed by atoms with Gasteiger partial charge in [-0.05, 0) is 26.8 Å². The van der Waals surface area contributed by atoms with E-state index in [1.807, 2.05) is 13.8 Å². The van der Waals surface area contributed by atoms with E-state index in [9.17, 15) is 0 Å². The van der Waals surface area contributed by atoms with Crippen LogP contribution in [0.1, 0.15) is 20.3 Å². The highest BCUT2D eigenvalue weighted by molar-refractivity contribution is 4.94. The average molecular weight is 157 g/mol. The van der Waals surface area contributed by atoms with Crippen LogP contribution in [0.15, 0.2) is 0 Å². The Labute approximate surface area is 67.1 Å². The third-order valence-electron chi connectivity index (χ3n) is 2.35. The van der Waals surface area contributed by atoms with Crippen molar-refractivity contribution in [1.82, 2.24) is 5.32 Å². The maximum atomic E-state index is 5.81. The summed E-state index contributed by atoms with van der Waals surface area (Å²) < 4.78 is 11.3. The number of rotatable bonds is 0. The Morgan fingerprint density at radius 1 is 1.36 bits per heavy atom. The molecule has 2 heterocycles. The van der Waals surface area contributed by atoms with E-state index in [1.54, 1.807) is 0 Å². The smallest absolute Gasteiger partial charge is 0.163 e. The van der Waals surface area contributed by atoms with Crippen molar-refractivity contribution >= 4 is 0 Å². The van der Waals surface area contributed by atoms with Gasteiger partial charge in [-0.15, -0.1) is 0 Å². The average Bonchev–Trinajstić information content (AvgIpc) is 2.43. The molecule has 3 nitrogen and oxygen atoms in total. The Morgan fingerprint density at radius 2 is 2.18 bits per heavy atom. The lowest BCUT2D eigenvalue weighted by Gasteiger charge is -2.23. The molecule has 1 spiro atoms. The largest absolute Gasteiger partial charge is 0.347 e. The van der Waals surface area contributed by atoms with Gasteiger partial charge in [0, 0.05) is 6.54 Å². The van der Waals surface area contributed by atoms with E-state index < -0.39 is 0 Å². The second-order valence-electron chi connectivity index (χ2n) is 3.90. The molecule has 0 aromatic heterocycles. The molecule has 3 heteroatoms. The number of nitrogens with one attached hydrogen (secondary N) is 1. The standard InChI is InChI=1S/C8H15NO2/c1-7(2)10-6-8(11-7)3-4-9-5-8/h9H,3-6H2,1-2H3. The third kappa shape index (κ3) is 1.28. The third-order valence-corrected chi connectivity index (χ3v) is 2.35. The molecule has 0 aromatic rings. The number of ether oxygens (including phenoxy) is 2. The molecule has 2 aliphatic rings. The summed E-state index contributed by atoms with van der Waals surface area (Å²) in [7, 11) is 0. The number of hydrogen-bond donors (Lipinski definition) is 1. The molecule has 2 fully saturated rings. The molecule has 2 aliphatic heterocycles. The SMILES string of the molecule is CC1(C)OCC2(CCNC2)O1. The molecule has 0 amide bonds. The Bertz CT molecular complexity index is 161. The first-order valence-corrected chi connectivity index (χ1v) is 4.17. The van der Waals surface area contributed by atoms with Crippen molar-refractivity contribution in [2.24, 2.45) is 0 Å². The van der Waals surface area contributed by atoms with Gasteiger partial charge in [-0.3, -0.25) is 0 Å². The van der Waals surface area contributed by atoms with E-state index in [0.717, 1.165) is 26.1 Å². The van der Waals surface area contributed by atoms with Gasteiger partial charge in [0.2, 0.25) is 0 Å². The van der Waals surface area contributed by atoms with Gasteiger partial charge in [-0.1, -0.05) is 0 Å². The zero-order valence-corrected chi connectivity index (χ0v) is 7.14. The minimum atomic E-state index is -0.369. The Hall–Kier alpha value is -0.120. The molecule has 1 N–H and O–H groups in total. The first kappa shape index (κ1) is 7.53. The summed E-state index contributed by atoms with van der Waals surface area (Å²) in [6.07, 6.45) is 1.08. The first-order chi connectivity index (χ1) is 5.12. The second-order valence-corrected chi connectivity index (χ2v) is 3.90. The Balaban J connectivity index is 2.07. The van der Waals surface area contributed by atoms with Crippen molar-refractivity contribution in [2.45, 2.75) is 31.7 Å². The zero-order chi connectivity index (χ0) is 7.95. The van der Waals surface area contributed by atoms with Crippen LogP contribution in [0.2, 0.25) is 0 Å². The molecule has 11 heavy (non-hydrogen) atoms. The molecule has 1 atom stereocenters. The summed E-state index contributed by atoms with van der Waals surface area (Å²) in [5.74, 6) is -0.369. The molecular weight excluding hydrogens is 142 g/mol. The van der Waals surface area contributed by atoms with Gasteiger partial charge in [-0.25, -0.2) is 0 Å². The highest BCUT2D eigenvalue weighted by Crippen LogP contribution is 2.34. The quantitative estimate of drug-likeness (QED) is 0.555. The molecule has 0 aliphatic carbocycles. The normalized spacial score (nSPS) is 42.0. The Kier molecular flexibility index (Phi) is 1.50. The van der Waals surface area contributed by atoms with Crippen LogP contribution in [0, 0.1) is 0 Å². The molecule has 0 radical (unpaired) electrons. The van der Waals surface area contributed by atoms with Crippen LogP contribution >= 0.6 is 0 Å². The van der Waals surface area contributed by atoms with Gasteiger partial charge >= 0.3 is 0 Å². The van der Waals surface area contributed by atoms with Gasteiger partial charge in [0.1, 0.15) is 5.60 Å². The van der Waals surface area contributed by atoms with E-state index in [-0.39, 0.29) is 11.4 Å². The maximum Gasteiger partial charge on any atom is 0.163 e. The first-order valence-electron chi connectivity index (χ1n) is 4.17. The topological polar surface area (TPSA) is 30.5 Å². The van der Waals surface area contributed by atoms with Gasteiger partial charge in [0.25, 0.3) is 0 Å². The lowest BCUT2D eigenvalue weighted by atomic mass is 10.1. The Morgan fingerprint density at radius 3 is 2.64 bits per heavy atom. The van der Waals surface area contributed by atoms with Crippen LogP contribution in [-0.4, -0.2) is 31.1 Å². The lowest BCUT2D eigenvalue weighted by Crippen LogP contribution is -2.36. The van der Waals surface area contributed by atoms with Gasteiger partial charge in [-0.2, -0.15) is 0 Å². The highest BCUT2D eigenvalue weighted by atomic mass is 16.8. The van der Waals surface area contributed by atoms with E-state index in [4.69, 9.17) is 9.47 Å². The lowest BCUT2D eigenvalue weighted by molar-refractivity contribution is -0.156. The second kappa shape index (κ2) is 2.19. The maximum absolute atomic E-state index is 5.81. The van der Waals surface area contributed by atoms with Gasteiger partial charge < -0.3 is 14.8 Å². The van der Waals surface area contributed by atoms with E-state index in [1.165, 1.54) is 0 Å². The summed E-state index contributed by atoms with van der Waals surface area (Å²) in [5, 5.41) is 3.29. The molecule has 64 valence electrons. The summed E-state index contributed by atoms with van der Waals surface area (Å²) in [5.41, 5.74) is -0.0104. The van der Waals surface area contributed by atoms with Crippen LogP contribution in [0.25, 0.3) is 0 Å². The predicted octanol–water partition coefficient (Wildman–Crippen LogP) is 0.501. The van der Waals surface area contributed by atoms with Crippen LogP contribution in [0.4, 0.5) is 0 Å². The van der Waals surface area contributed by atoms with Crippen molar-refractivity contribution in [1.29, 1.82) is 0 Å². The van der Waals surface area contributed by atoms with Crippen molar-refractivity contribution in [2.75, 3.05) is 19.7 Å². The van der Waals surface area contributed by atoms with Crippen molar-refractivity contribution in [3.05, 3.63) is 0 Å². The molecule has 0 bridgehead atoms. The minimum absolute atomic E-state index is 0.0104. The molecule has 0 saturated carbocycles. The highest BCUT2D eigenvalue weighted by Gasteiger charge is 2.46. The van der Waals surface area contributed by atoms with E-state index >= 15 is 0 Å². The molecular formula is C8H15NO2. The van der Waals surface area contributed by atoms with Crippen LogP contribution in [0.3, 0.4) is 0 Å². The van der Waals surface area contributed by atoms with E-state index in [2.05, 4.69) is 5.32 Å². The van der Waals surface area contributed by atoms with Crippen LogP contribution in [0.5, 0.6) is 0 Å². The van der Waals surface area contributed by atoms with Crippen LogP contribution < -0.4 is 5.32 Å². The molecule has 2 saturated heterocycles. The molecule has 0 aromatic carbocycles. The fourth-order valence-corrected chi connectivity index (χ4v) is 1.82. The van der Waals surface area contributed by atoms with Crippen molar-refractivity contribution < 1.29 is 9.47 Å². The summed E-state index contributed by atoms with van der Waals surface area (Å²) in [6.45, 7) is 6.68. The van der Waals surface area contributed by atoms with Crippen molar-refractivity contribution in [3.8, 4) is 0 Å². The minimum Gasteiger partial charge on any atom is -0.347 e. The summed E-state index contributed by atoms with van der Waals surface area (Å²) in [4.78, 5) is 0. The zero-order valence-electron chi connectivity index (χ0n) is 7.14.